The predicted molar refractivity (Wildman–Crippen MR) is 57.5 cm³/mol. The Balaban J connectivity index is 1.95. The Morgan fingerprint density at radius 2 is 2.08 bits per heavy atom. The summed E-state index contributed by atoms with van der Waals surface area (Å²) in [6.45, 7) is 8.60. The highest BCUT2D eigenvalue weighted by Gasteiger charge is 2.23. The lowest BCUT2D eigenvalue weighted by Crippen LogP contribution is -2.29. The molecule has 0 aromatic heterocycles. The number of ether oxygens (including phenoxy) is 1. The van der Waals surface area contributed by atoms with Crippen LogP contribution in [0.3, 0.4) is 0 Å². The Bertz CT molecular complexity index is 144. The molecule has 0 radical (unpaired) electrons. The minimum Gasteiger partial charge on any atom is -0.418 e. The summed E-state index contributed by atoms with van der Waals surface area (Å²) in [5, 5.41) is 0. The summed E-state index contributed by atoms with van der Waals surface area (Å²) in [4.78, 5) is 0. The lowest BCUT2D eigenvalue weighted by atomic mass is 10.2. The lowest BCUT2D eigenvalue weighted by molar-refractivity contribution is 0.326. The lowest BCUT2D eigenvalue weighted by Gasteiger charge is -2.21. The van der Waals surface area contributed by atoms with Gasteiger partial charge in [-0.15, -0.1) is 0 Å². The van der Waals surface area contributed by atoms with Gasteiger partial charge in [-0.1, -0.05) is 12.8 Å². The van der Waals surface area contributed by atoms with Crippen LogP contribution in [0.15, 0.2) is 0 Å². The van der Waals surface area contributed by atoms with E-state index in [-0.39, 0.29) is 0 Å². The molecular formula is C10H22O2Si. The second-order valence-corrected chi connectivity index (χ2v) is 8.70. The molecule has 0 bridgehead atoms. The fourth-order valence-electron chi connectivity index (χ4n) is 1.62. The van der Waals surface area contributed by atoms with Gasteiger partial charge in [0.2, 0.25) is 0 Å². The Hall–Kier alpha value is 0.137. The number of epoxide rings is 1. The molecule has 0 amide bonds. The van der Waals surface area contributed by atoms with Gasteiger partial charge in [-0.3, -0.25) is 0 Å². The van der Waals surface area contributed by atoms with Crippen molar-refractivity contribution in [3.8, 4) is 0 Å². The number of unbranched alkanes of at least 4 members (excludes halogenated alkanes) is 1. The predicted octanol–water partition coefficient (Wildman–Crippen LogP) is 2.80. The van der Waals surface area contributed by atoms with E-state index in [1.165, 1.54) is 25.3 Å². The van der Waals surface area contributed by atoms with E-state index in [1.807, 2.05) is 0 Å². The Morgan fingerprint density at radius 1 is 1.38 bits per heavy atom. The second-order valence-electron chi connectivity index (χ2n) is 4.39. The molecule has 2 nitrogen and oxygen atoms in total. The average Bonchev–Trinajstić information content (AvgIpc) is 2.81. The molecule has 0 saturated carbocycles. The molecule has 0 aliphatic carbocycles. The maximum atomic E-state index is 5.76. The van der Waals surface area contributed by atoms with Crippen molar-refractivity contribution in [1.82, 2.24) is 0 Å². The quantitative estimate of drug-likeness (QED) is 0.360. The highest BCUT2D eigenvalue weighted by molar-refractivity contribution is 6.71. The van der Waals surface area contributed by atoms with Gasteiger partial charge in [0.25, 0.3) is 0 Å². The summed E-state index contributed by atoms with van der Waals surface area (Å²) in [5.41, 5.74) is 0. The smallest absolute Gasteiger partial charge is 0.186 e. The fourth-order valence-corrected chi connectivity index (χ4v) is 3.65. The van der Waals surface area contributed by atoms with Crippen LogP contribution in [0.25, 0.3) is 0 Å². The molecule has 1 unspecified atom stereocenters. The zero-order valence-electron chi connectivity index (χ0n) is 9.14. The third kappa shape index (κ3) is 5.44. The number of hydrogen-bond acceptors (Lipinski definition) is 2. The molecule has 1 heterocycles. The molecule has 1 fully saturated rings. The van der Waals surface area contributed by atoms with Crippen molar-refractivity contribution in [2.45, 2.75) is 51.4 Å². The van der Waals surface area contributed by atoms with Crippen LogP contribution in [-0.2, 0) is 9.16 Å². The Morgan fingerprint density at radius 3 is 2.62 bits per heavy atom. The van der Waals surface area contributed by atoms with E-state index >= 15 is 0 Å². The van der Waals surface area contributed by atoms with E-state index in [2.05, 4.69) is 20.0 Å². The largest absolute Gasteiger partial charge is 0.418 e. The molecule has 13 heavy (non-hydrogen) atoms. The molecule has 1 rings (SSSR count). The van der Waals surface area contributed by atoms with Crippen LogP contribution < -0.4 is 0 Å². The number of hydrogen-bond donors (Lipinski definition) is 0. The van der Waals surface area contributed by atoms with E-state index in [0.29, 0.717) is 6.10 Å². The molecule has 0 spiro atoms. The molecular weight excluding hydrogens is 180 g/mol. The van der Waals surface area contributed by atoms with Crippen LogP contribution in [0.1, 0.15) is 26.2 Å². The Kier molecular flexibility index (Phi) is 4.42. The van der Waals surface area contributed by atoms with E-state index in [9.17, 15) is 0 Å². The summed E-state index contributed by atoms with van der Waals surface area (Å²) in [5.74, 6) is 0. The van der Waals surface area contributed by atoms with Gasteiger partial charge in [0.15, 0.2) is 8.32 Å². The second kappa shape index (κ2) is 5.13. The zero-order chi connectivity index (χ0) is 9.73. The average molecular weight is 202 g/mol. The molecule has 1 saturated heterocycles. The summed E-state index contributed by atoms with van der Waals surface area (Å²) < 4.78 is 10.9. The van der Waals surface area contributed by atoms with E-state index in [0.717, 1.165) is 13.2 Å². The first-order chi connectivity index (χ1) is 6.14. The maximum absolute atomic E-state index is 5.76. The van der Waals surface area contributed by atoms with E-state index in [4.69, 9.17) is 9.16 Å². The van der Waals surface area contributed by atoms with Crippen molar-refractivity contribution < 1.29 is 9.16 Å². The summed E-state index contributed by atoms with van der Waals surface area (Å²) in [6, 6.07) is 1.30. The first-order valence-electron chi connectivity index (χ1n) is 5.39. The van der Waals surface area contributed by atoms with Crippen molar-refractivity contribution in [1.29, 1.82) is 0 Å². The van der Waals surface area contributed by atoms with Crippen molar-refractivity contribution >= 4 is 8.32 Å². The first kappa shape index (κ1) is 11.2. The highest BCUT2D eigenvalue weighted by atomic mass is 28.4. The normalized spacial score (nSPS) is 21.9. The van der Waals surface area contributed by atoms with Gasteiger partial charge < -0.3 is 9.16 Å². The molecule has 1 aliphatic heterocycles. The van der Waals surface area contributed by atoms with Gasteiger partial charge in [0.05, 0.1) is 12.7 Å². The van der Waals surface area contributed by atoms with E-state index in [1.54, 1.807) is 0 Å². The molecule has 78 valence electrons. The van der Waals surface area contributed by atoms with Crippen LogP contribution in [0.5, 0.6) is 0 Å². The summed E-state index contributed by atoms with van der Waals surface area (Å²) in [7, 11) is -1.30. The minimum absolute atomic E-state index is 0.608. The summed E-state index contributed by atoms with van der Waals surface area (Å²) >= 11 is 0. The van der Waals surface area contributed by atoms with Crippen LogP contribution >= 0.6 is 0 Å². The highest BCUT2D eigenvalue weighted by Crippen LogP contribution is 2.20. The summed E-state index contributed by atoms with van der Waals surface area (Å²) in [6.07, 6.45) is 4.50. The monoisotopic (exact) mass is 202 g/mol. The maximum Gasteiger partial charge on any atom is 0.186 e. The molecule has 3 heteroatoms. The van der Waals surface area contributed by atoms with Gasteiger partial charge >= 0.3 is 0 Å². The molecule has 0 N–H and O–H groups in total. The van der Waals surface area contributed by atoms with Crippen molar-refractivity contribution in [3.05, 3.63) is 0 Å². The minimum atomic E-state index is -1.30. The molecule has 1 aliphatic rings. The number of rotatable bonds is 7. The molecule has 1 atom stereocenters. The molecule has 0 aromatic carbocycles. The van der Waals surface area contributed by atoms with Gasteiger partial charge in [-0.25, -0.2) is 0 Å². The SMILES string of the molecule is CCO[Si](C)(C)CCCCC1CO1. The van der Waals surface area contributed by atoms with Crippen molar-refractivity contribution in [2.24, 2.45) is 0 Å². The van der Waals surface area contributed by atoms with Crippen molar-refractivity contribution in [3.63, 3.8) is 0 Å². The van der Waals surface area contributed by atoms with Crippen LogP contribution in [0.2, 0.25) is 19.1 Å². The molecule has 0 aromatic rings. The van der Waals surface area contributed by atoms with Gasteiger partial charge in [0.1, 0.15) is 0 Å². The van der Waals surface area contributed by atoms with Gasteiger partial charge in [0, 0.05) is 6.61 Å². The van der Waals surface area contributed by atoms with Gasteiger partial charge in [-0.05, 0) is 32.5 Å². The van der Waals surface area contributed by atoms with Crippen LogP contribution in [0.4, 0.5) is 0 Å². The third-order valence-corrected chi connectivity index (χ3v) is 5.12. The fraction of sp³-hybridized carbons (Fsp3) is 1.00. The van der Waals surface area contributed by atoms with Crippen LogP contribution in [-0.4, -0.2) is 27.6 Å². The van der Waals surface area contributed by atoms with E-state index < -0.39 is 8.32 Å². The Labute approximate surface area is 82.7 Å². The first-order valence-corrected chi connectivity index (χ1v) is 8.51. The third-order valence-electron chi connectivity index (χ3n) is 2.49. The standard InChI is InChI=1S/C10H22O2Si/c1-4-12-13(2,3)8-6-5-7-10-9-11-10/h10H,4-9H2,1-3H3. The van der Waals surface area contributed by atoms with Crippen LogP contribution in [0, 0.1) is 0 Å². The zero-order valence-corrected chi connectivity index (χ0v) is 10.1. The van der Waals surface area contributed by atoms with Crippen molar-refractivity contribution in [2.75, 3.05) is 13.2 Å². The van der Waals surface area contributed by atoms with Gasteiger partial charge in [-0.2, -0.15) is 0 Å². The topological polar surface area (TPSA) is 21.8 Å².